The second-order valence-electron chi connectivity index (χ2n) is 7.11. The molecule has 0 spiro atoms. The molecule has 3 aromatic rings. The number of carbonyl (C=O) groups is 2. The van der Waals surface area contributed by atoms with E-state index < -0.39 is 5.97 Å². The van der Waals surface area contributed by atoms with Crippen LogP contribution in [0.1, 0.15) is 39.0 Å². The van der Waals surface area contributed by atoms with Crippen molar-refractivity contribution in [3.63, 3.8) is 0 Å². The molecular weight excluding hydrogens is 398 g/mol. The monoisotopic (exact) mass is 421 g/mol. The van der Waals surface area contributed by atoms with Gasteiger partial charge in [-0.3, -0.25) is 4.79 Å². The van der Waals surface area contributed by atoms with Crippen LogP contribution in [-0.4, -0.2) is 36.3 Å². The number of nitrogens with zero attached hydrogens (tertiary/aromatic N) is 1. The molecule has 2 aromatic carbocycles. The van der Waals surface area contributed by atoms with Gasteiger partial charge in [0.2, 0.25) is 12.6 Å². The van der Waals surface area contributed by atoms with Crippen molar-refractivity contribution in [2.75, 3.05) is 20.0 Å². The van der Waals surface area contributed by atoms with Crippen molar-refractivity contribution < 1.29 is 28.5 Å². The first-order chi connectivity index (χ1) is 15.0. The largest absolute Gasteiger partial charge is 0.494 e. The fraction of sp³-hybridized carbons (Fsp3) is 0.250. The van der Waals surface area contributed by atoms with Crippen molar-refractivity contribution in [1.29, 1.82) is 0 Å². The van der Waals surface area contributed by atoms with Crippen LogP contribution in [0.3, 0.4) is 0 Å². The Kier molecular flexibility index (Phi) is 5.66. The lowest BCUT2D eigenvalue weighted by atomic mass is 10.1. The van der Waals surface area contributed by atoms with Crippen LogP contribution in [0.25, 0.3) is 5.69 Å². The van der Waals surface area contributed by atoms with Crippen LogP contribution in [0, 0.1) is 13.8 Å². The number of hydrogen-bond acceptors (Lipinski definition) is 6. The molecule has 0 atom stereocenters. The van der Waals surface area contributed by atoms with Gasteiger partial charge in [0.15, 0.2) is 18.1 Å². The van der Waals surface area contributed by atoms with Crippen molar-refractivity contribution in [1.82, 2.24) is 4.57 Å². The molecule has 0 radical (unpaired) electrons. The van der Waals surface area contributed by atoms with E-state index in [1.54, 1.807) is 30.3 Å². The molecule has 7 heteroatoms. The third-order valence-corrected chi connectivity index (χ3v) is 5.08. The number of ketones is 1. The molecule has 0 aliphatic carbocycles. The quantitative estimate of drug-likeness (QED) is 0.419. The molecule has 31 heavy (non-hydrogen) atoms. The lowest BCUT2D eigenvalue weighted by Crippen LogP contribution is -2.15. The third-order valence-electron chi connectivity index (χ3n) is 5.08. The number of aryl methyl sites for hydroxylation is 1. The fourth-order valence-electron chi connectivity index (χ4n) is 3.61. The second-order valence-corrected chi connectivity index (χ2v) is 7.11. The minimum atomic E-state index is -0.555. The number of benzene rings is 2. The Hall–Kier alpha value is -3.74. The number of hydrogen-bond donors (Lipinski definition) is 0. The molecule has 7 nitrogen and oxygen atoms in total. The zero-order chi connectivity index (χ0) is 22.0. The van der Waals surface area contributed by atoms with Crippen LogP contribution in [0.4, 0.5) is 0 Å². The highest BCUT2D eigenvalue weighted by Crippen LogP contribution is 2.35. The summed E-state index contributed by atoms with van der Waals surface area (Å²) in [5, 5.41) is 0. The highest BCUT2D eigenvalue weighted by Gasteiger charge is 2.20. The van der Waals surface area contributed by atoms with E-state index in [4.69, 9.17) is 18.9 Å². The van der Waals surface area contributed by atoms with Crippen molar-refractivity contribution in [3.05, 3.63) is 71.0 Å². The molecule has 0 saturated carbocycles. The summed E-state index contributed by atoms with van der Waals surface area (Å²) in [7, 11) is 0. The summed E-state index contributed by atoms with van der Waals surface area (Å²) in [6.45, 7) is 6.07. The van der Waals surface area contributed by atoms with Crippen molar-refractivity contribution in [2.45, 2.75) is 20.8 Å². The van der Waals surface area contributed by atoms with Gasteiger partial charge in [-0.05, 0) is 63.2 Å². The van der Waals surface area contributed by atoms with Gasteiger partial charge in [-0.25, -0.2) is 4.79 Å². The lowest BCUT2D eigenvalue weighted by molar-refractivity contribution is 0.0474. The smallest absolute Gasteiger partial charge is 0.338 e. The Bertz CT molecular complexity index is 1130. The summed E-state index contributed by atoms with van der Waals surface area (Å²) < 4.78 is 23.4. The Morgan fingerprint density at radius 3 is 2.48 bits per heavy atom. The summed E-state index contributed by atoms with van der Waals surface area (Å²) in [5.41, 5.74) is 3.39. The van der Waals surface area contributed by atoms with E-state index in [2.05, 4.69) is 0 Å². The van der Waals surface area contributed by atoms with E-state index in [0.717, 1.165) is 17.1 Å². The molecule has 1 aliphatic rings. The van der Waals surface area contributed by atoms with Gasteiger partial charge in [0.1, 0.15) is 5.75 Å². The maximum atomic E-state index is 12.8. The molecule has 160 valence electrons. The normalized spacial score (nSPS) is 12.0. The van der Waals surface area contributed by atoms with Crippen LogP contribution >= 0.6 is 0 Å². The molecule has 1 aromatic heterocycles. The average Bonchev–Trinajstić information content (AvgIpc) is 3.35. The summed E-state index contributed by atoms with van der Waals surface area (Å²) in [6.07, 6.45) is 0. The molecule has 0 saturated heterocycles. The van der Waals surface area contributed by atoms with Gasteiger partial charge in [-0.2, -0.15) is 0 Å². The van der Waals surface area contributed by atoms with E-state index in [-0.39, 0.29) is 19.2 Å². The number of aromatic nitrogens is 1. The number of esters is 1. The maximum absolute atomic E-state index is 12.8. The van der Waals surface area contributed by atoms with E-state index in [0.29, 0.717) is 35.0 Å². The second kappa shape index (κ2) is 8.55. The molecule has 4 rings (SSSR count). The molecule has 0 amide bonds. The fourth-order valence-corrected chi connectivity index (χ4v) is 3.61. The van der Waals surface area contributed by atoms with Gasteiger partial charge in [-0.15, -0.1) is 0 Å². The van der Waals surface area contributed by atoms with Crippen LogP contribution in [0.2, 0.25) is 0 Å². The molecule has 0 fully saturated rings. The predicted molar refractivity (Wildman–Crippen MR) is 114 cm³/mol. The number of rotatable bonds is 7. The molecule has 0 N–H and O–H groups in total. The lowest BCUT2D eigenvalue weighted by Gasteiger charge is -2.11. The van der Waals surface area contributed by atoms with E-state index >= 15 is 0 Å². The van der Waals surface area contributed by atoms with Gasteiger partial charge in [0.25, 0.3) is 0 Å². The number of fused-ring (bicyclic) bond motifs is 1. The van der Waals surface area contributed by atoms with E-state index in [1.165, 1.54) is 0 Å². The first-order valence-corrected chi connectivity index (χ1v) is 10.00. The summed E-state index contributed by atoms with van der Waals surface area (Å²) in [4.78, 5) is 25.1. The summed E-state index contributed by atoms with van der Waals surface area (Å²) in [6, 6.07) is 14.0. The zero-order valence-corrected chi connectivity index (χ0v) is 17.6. The highest BCUT2D eigenvalue weighted by molar-refractivity contribution is 6.00. The summed E-state index contributed by atoms with van der Waals surface area (Å²) in [5.74, 6) is 1.22. The average molecular weight is 421 g/mol. The Morgan fingerprint density at radius 1 is 1.00 bits per heavy atom. The molecule has 2 heterocycles. The maximum Gasteiger partial charge on any atom is 0.338 e. The standard InChI is InChI=1S/C24H23NO6/c1-4-28-19-8-5-17(6-9-19)24(27)29-13-21(26)20-11-15(2)25(16(20)3)18-7-10-22-23(12-18)31-14-30-22/h5-12H,4,13-14H2,1-3H3. The minimum absolute atomic E-state index is 0.200. The van der Waals surface area contributed by atoms with Crippen LogP contribution in [-0.2, 0) is 4.74 Å². The van der Waals surface area contributed by atoms with Gasteiger partial charge < -0.3 is 23.5 Å². The Morgan fingerprint density at radius 2 is 1.74 bits per heavy atom. The van der Waals surface area contributed by atoms with Gasteiger partial charge in [-0.1, -0.05) is 0 Å². The topological polar surface area (TPSA) is 76.0 Å². The molecule has 1 aliphatic heterocycles. The molecule has 0 unspecified atom stereocenters. The van der Waals surface area contributed by atoms with Crippen molar-refractivity contribution in [3.8, 4) is 22.9 Å². The van der Waals surface area contributed by atoms with E-state index in [9.17, 15) is 9.59 Å². The number of carbonyl (C=O) groups excluding carboxylic acids is 2. The number of ether oxygens (including phenoxy) is 4. The Labute approximate surface area is 180 Å². The van der Waals surface area contributed by atoms with Crippen LogP contribution < -0.4 is 14.2 Å². The SMILES string of the molecule is CCOc1ccc(C(=O)OCC(=O)c2cc(C)n(-c3ccc4c(c3)OCO4)c2C)cc1. The van der Waals surface area contributed by atoms with Crippen LogP contribution in [0.15, 0.2) is 48.5 Å². The molecule has 0 bridgehead atoms. The van der Waals surface area contributed by atoms with Gasteiger partial charge in [0, 0.05) is 28.7 Å². The minimum Gasteiger partial charge on any atom is -0.494 e. The predicted octanol–water partition coefficient (Wildman–Crippen LogP) is 4.26. The first-order valence-electron chi connectivity index (χ1n) is 10.00. The van der Waals surface area contributed by atoms with Crippen molar-refractivity contribution in [2.24, 2.45) is 0 Å². The van der Waals surface area contributed by atoms with E-state index in [1.807, 2.05) is 43.5 Å². The van der Waals surface area contributed by atoms with Crippen LogP contribution in [0.5, 0.6) is 17.2 Å². The van der Waals surface area contributed by atoms with Crippen molar-refractivity contribution >= 4 is 11.8 Å². The first kappa shape index (κ1) is 20.5. The molecular formula is C24H23NO6. The Balaban J connectivity index is 1.47. The third kappa shape index (κ3) is 4.12. The van der Waals surface area contributed by atoms with Gasteiger partial charge >= 0.3 is 5.97 Å². The summed E-state index contributed by atoms with van der Waals surface area (Å²) >= 11 is 0. The van der Waals surface area contributed by atoms with Gasteiger partial charge in [0.05, 0.1) is 12.2 Å². The highest BCUT2D eigenvalue weighted by atomic mass is 16.7. The zero-order valence-electron chi connectivity index (χ0n) is 17.6. The number of Topliss-reactive ketones (excluding diaryl/α,β-unsaturated/α-hetero) is 1.